The Bertz CT molecular complexity index is 1260. The van der Waals surface area contributed by atoms with Gasteiger partial charge in [0, 0.05) is 61.8 Å². The summed E-state index contributed by atoms with van der Waals surface area (Å²) in [6.07, 6.45) is 3.40. The Kier molecular flexibility index (Phi) is 5.45. The van der Waals surface area contributed by atoms with Gasteiger partial charge in [0.05, 0.1) is 11.9 Å². The van der Waals surface area contributed by atoms with Gasteiger partial charge in [-0.3, -0.25) is 0 Å². The Labute approximate surface area is 191 Å². The third-order valence-electron chi connectivity index (χ3n) is 6.02. The van der Waals surface area contributed by atoms with E-state index in [2.05, 4.69) is 26.9 Å². The second-order valence-corrected chi connectivity index (χ2v) is 8.52. The molecular formula is C24H24ClFN6. The Hall–Kier alpha value is -3.16. The van der Waals surface area contributed by atoms with Gasteiger partial charge in [-0.25, -0.2) is 9.37 Å². The lowest BCUT2D eigenvalue weighted by Gasteiger charge is -2.36. The minimum absolute atomic E-state index is 0.308. The van der Waals surface area contributed by atoms with Crippen LogP contribution in [0.4, 0.5) is 21.6 Å². The molecule has 164 valence electrons. The second-order valence-electron chi connectivity index (χ2n) is 8.08. The Morgan fingerprint density at radius 1 is 1.00 bits per heavy atom. The Morgan fingerprint density at radius 3 is 2.59 bits per heavy atom. The number of hydrogen-bond acceptors (Lipinski definition) is 5. The van der Waals surface area contributed by atoms with E-state index >= 15 is 4.39 Å². The maximum absolute atomic E-state index is 15.6. The first-order valence-corrected chi connectivity index (χ1v) is 10.9. The monoisotopic (exact) mass is 450 g/mol. The van der Waals surface area contributed by atoms with Gasteiger partial charge < -0.3 is 14.7 Å². The van der Waals surface area contributed by atoms with Crippen LogP contribution < -0.4 is 9.80 Å². The largest absolute Gasteiger partial charge is 0.368 e. The van der Waals surface area contributed by atoms with Crippen LogP contribution in [0.25, 0.3) is 16.8 Å². The van der Waals surface area contributed by atoms with Crippen LogP contribution >= 0.6 is 11.6 Å². The molecule has 1 aliphatic heterocycles. The summed E-state index contributed by atoms with van der Waals surface area (Å²) >= 11 is 6.26. The third kappa shape index (κ3) is 3.78. The first-order chi connectivity index (χ1) is 15.5. The SMILES string of the molecule is CN1CCN(c2cc(N(C)c3ccnc4ccnn34)c(F)cc2-c2cccc(Cl)c2)CC1. The topological polar surface area (TPSA) is 39.9 Å². The molecule has 0 aliphatic carbocycles. The van der Waals surface area contributed by atoms with Crippen molar-refractivity contribution in [2.75, 3.05) is 50.1 Å². The van der Waals surface area contributed by atoms with Crippen LogP contribution in [0.5, 0.6) is 0 Å². The standard InChI is InChI=1S/C24H24ClFN6/c1-29-10-12-31(13-11-29)21-16-22(20(26)15-19(21)17-4-3-5-18(25)14-17)30(2)24-7-8-27-23-6-9-28-32(23)24/h3-9,14-16H,10-13H2,1-2H3. The molecule has 1 fully saturated rings. The zero-order chi connectivity index (χ0) is 22.2. The molecule has 0 radical (unpaired) electrons. The number of piperazine rings is 1. The molecule has 2 aromatic heterocycles. The number of anilines is 3. The molecule has 0 atom stereocenters. The predicted molar refractivity (Wildman–Crippen MR) is 128 cm³/mol. The molecular weight excluding hydrogens is 427 g/mol. The van der Waals surface area contributed by atoms with Crippen LogP contribution in [-0.4, -0.2) is 59.8 Å². The molecule has 5 rings (SSSR count). The number of halogens is 2. The van der Waals surface area contributed by atoms with E-state index in [0.717, 1.165) is 48.8 Å². The molecule has 2 aromatic carbocycles. The lowest BCUT2D eigenvalue weighted by molar-refractivity contribution is 0.313. The molecule has 3 heterocycles. The van der Waals surface area contributed by atoms with Crippen LogP contribution in [0.3, 0.4) is 0 Å². The lowest BCUT2D eigenvalue weighted by atomic mass is 10.0. The molecule has 6 nitrogen and oxygen atoms in total. The Morgan fingerprint density at radius 2 is 1.81 bits per heavy atom. The molecule has 8 heteroatoms. The summed E-state index contributed by atoms with van der Waals surface area (Å²) in [6, 6.07) is 14.8. The summed E-state index contributed by atoms with van der Waals surface area (Å²) < 4.78 is 17.3. The highest BCUT2D eigenvalue weighted by atomic mass is 35.5. The summed E-state index contributed by atoms with van der Waals surface area (Å²) in [5, 5.41) is 4.98. The van der Waals surface area contributed by atoms with Gasteiger partial charge in [-0.05, 0) is 42.9 Å². The van der Waals surface area contributed by atoms with E-state index in [-0.39, 0.29) is 5.82 Å². The van der Waals surface area contributed by atoms with E-state index in [1.807, 2.05) is 54.4 Å². The molecule has 4 aromatic rings. The zero-order valence-corrected chi connectivity index (χ0v) is 18.8. The molecule has 0 spiro atoms. The highest BCUT2D eigenvalue weighted by Crippen LogP contribution is 2.39. The van der Waals surface area contributed by atoms with Crippen molar-refractivity contribution in [2.24, 2.45) is 0 Å². The van der Waals surface area contributed by atoms with E-state index in [9.17, 15) is 0 Å². The molecule has 1 saturated heterocycles. The van der Waals surface area contributed by atoms with Crippen LogP contribution in [0.1, 0.15) is 0 Å². The van der Waals surface area contributed by atoms with Crippen molar-refractivity contribution in [1.29, 1.82) is 0 Å². The van der Waals surface area contributed by atoms with Crippen molar-refractivity contribution in [3.05, 3.63) is 71.8 Å². The molecule has 0 unspecified atom stereocenters. The van der Waals surface area contributed by atoms with E-state index in [0.29, 0.717) is 16.4 Å². The summed E-state index contributed by atoms with van der Waals surface area (Å²) in [5.41, 5.74) is 3.93. The summed E-state index contributed by atoms with van der Waals surface area (Å²) in [6.45, 7) is 3.65. The van der Waals surface area contributed by atoms with Crippen LogP contribution in [-0.2, 0) is 0 Å². The highest BCUT2D eigenvalue weighted by Gasteiger charge is 2.23. The fourth-order valence-corrected chi connectivity index (χ4v) is 4.39. The summed E-state index contributed by atoms with van der Waals surface area (Å²) in [5.74, 6) is 0.427. The Balaban J connectivity index is 1.64. The van der Waals surface area contributed by atoms with Crippen molar-refractivity contribution >= 4 is 34.4 Å². The first kappa shape index (κ1) is 20.7. The first-order valence-electron chi connectivity index (χ1n) is 10.6. The number of rotatable bonds is 4. The molecule has 0 N–H and O–H groups in total. The molecule has 32 heavy (non-hydrogen) atoms. The van der Waals surface area contributed by atoms with Crippen molar-refractivity contribution in [3.63, 3.8) is 0 Å². The molecule has 0 saturated carbocycles. The zero-order valence-electron chi connectivity index (χ0n) is 18.0. The molecule has 1 aliphatic rings. The van der Waals surface area contributed by atoms with Crippen LogP contribution in [0, 0.1) is 5.82 Å². The highest BCUT2D eigenvalue weighted by molar-refractivity contribution is 6.30. The van der Waals surface area contributed by atoms with Crippen LogP contribution in [0.15, 0.2) is 60.9 Å². The summed E-state index contributed by atoms with van der Waals surface area (Å²) in [7, 11) is 3.97. The van der Waals surface area contributed by atoms with Gasteiger partial charge in [0.15, 0.2) is 5.65 Å². The predicted octanol–water partition coefficient (Wildman–Crippen LogP) is 4.71. The van der Waals surface area contributed by atoms with Crippen molar-refractivity contribution in [3.8, 4) is 11.1 Å². The van der Waals surface area contributed by atoms with Gasteiger partial charge in [-0.2, -0.15) is 9.61 Å². The van der Waals surface area contributed by atoms with E-state index < -0.39 is 0 Å². The van der Waals surface area contributed by atoms with Gasteiger partial charge >= 0.3 is 0 Å². The molecule has 0 amide bonds. The third-order valence-corrected chi connectivity index (χ3v) is 6.26. The van der Waals surface area contributed by atoms with E-state index in [1.165, 1.54) is 0 Å². The maximum atomic E-state index is 15.6. The summed E-state index contributed by atoms with van der Waals surface area (Å²) in [4.78, 5) is 10.8. The quantitative estimate of drug-likeness (QED) is 0.450. The number of nitrogens with zero attached hydrogens (tertiary/aromatic N) is 6. The maximum Gasteiger partial charge on any atom is 0.157 e. The van der Waals surface area contributed by atoms with Gasteiger partial charge in [0.25, 0.3) is 0 Å². The molecule has 0 bridgehead atoms. The van der Waals surface area contributed by atoms with Crippen LogP contribution in [0.2, 0.25) is 5.02 Å². The van der Waals surface area contributed by atoms with Crippen molar-refractivity contribution < 1.29 is 4.39 Å². The number of benzene rings is 2. The van der Waals surface area contributed by atoms with E-state index in [1.54, 1.807) is 23.0 Å². The lowest BCUT2D eigenvalue weighted by Crippen LogP contribution is -2.44. The fraction of sp³-hybridized carbons (Fsp3) is 0.250. The number of aromatic nitrogens is 3. The fourth-order valence-electron chi connectivity index (χ4n) is 4.20. The minimum Gasteiger partial charge on any atom is -0.368 e. The number of hydrogen-bond donors (Lipinski definition) is 0. The van der Waals surface area contributed by atoms with Gasteiger partial charge in [0.2, 0.25) is 0 Å². The van der Waals surface area contributed by atoms with Gasteiger partial charge in [-0.15, -0.1) is 0 Å². The average molecular weight is 451 g/mol. The minimum atomic E-state index is -0.308. The average Bonchev–Trinajstić information content (AvgIpc) is 3.28. The van der Waals surface area contributed by atoms with Gasteiger partial charge in [0.1, 0.15) is 11.6 Å². The normalized spacial score (nSPS) is 14.8. The van der Waals surface area contributed by atoms with Crippen molar-refractivity contribution in [1.82, 2.24) is 19.5 Å². The number of likely N-dealkylation sites (N-methyl/N-ethyl adjacent to an activating group) is 1. The smallest absolute Gasteiger partial charge is 0.157 e. The second kappa shape index (κ2) is 8.41. The number of fused-ring (bicyclic) bond motifs is 1. The van der Waals surface area contributed by atoms with Gasteiger partial charge in [-0.1, -0.05) is 23.7 Å². The van der Waals surface area contributed by atoms with E-state index in [4.69, 9.17) is 11.6 Å². The van der Waals surface area contributed by atoms with Crippen molar-refractivity contribution in [2.45, 2.75) is 0 Å².